The summed E-state index contributed by atoms with van der Waals surface area (Å²) >= 11 is 0. The Labute approximate surface area is 138 Å². The van der Waals surface area contributed by atoms with Crippen molar-refractivity contribution in [2.24, 2.45) is 5.73 Å². The zero-order chi connectivity index (χ0) is 16.5. The molecule has 0 aliphatic carbocycles. The number of pyridine rings is 1. The fraction of sp³-hybridized carbons (Fsp3) is 0.0500. The highest BCUT2D eigenvalue weighted by Crippen LogP contribution is 2.35. The highest BCUT2D eigenvalue weighted by molar-refractivity contribution is 5.96. The molecule has 0 amide bonds. The summed E-state index contributed by atoms with van der Waals surface area (Å²) in [5.74, 6) is 0.438. The van der Waals surface area contributed by atoms with Crippen LogP contribution in [0.15, 0.2) is 65.2 Å². The third-order valence-electron chi connectivity index (χ3n) is 3.94. The van der Waals surface area contributed by atoms with Gasteiger partial charge >= 0.3 is 0 Å². The maximum absolute atomic E-state index is 13.3. The van der Waals surface area contributed by atoms with Gasteiger partial charge in [-0.2, -0.15) is 0 Å². The Balaban J connectivity index is 1.98. The Morgan fingerprint density at radius 3 is 2.58 bits per heavy atom. The Morgan fingerprint density at radius 2 is 1.88 bits per heavy atom. The number of nitrogens with two attached hydrogens (primary N) is 1. The molecule has 2 aromatic carbocycles. The molecule has 0 aliphatic rings. The van der Waals surface area contributed by atoms with Crippen LogP contribution < -0.4 is 5.73 Å². The van der Waals surface area contributed by atoms with Gasteiger partial charge in [-0.25, -0.2) is 4.39 Å². The third kappa shape index (κ3) is 2.57. The minimum absolute atomic E-state index is 0.270. The first-order valence-electron chi connectivity index (χ1n) is 7.59. The number of aromatic nitrogens is 1. The van der Waals surface area contributed by atoms with Gasteiger partial charge in [-0.1, -0.05) is 18.2 Å². The van der Waals surface area contributed by atoms with E-state index in [0.29, 0.717) is 12.3 Å². The van der Waals surface area contributed by atoms with Gasteiger partial charge in [0.15, 0.2) is 0 Å². The molecule has 24 heavy (non-hydrogen) atoms. The van der Waals surface area contributed by atoms with Crippen LogP contribution >= 0.6 is 0 Å². The van der Waals surface area contributed by atoms with Gasteiger partial charge in [0.05, 0.1) is 12.2 Å². The molecule has 0 atom stereocenters. The van der Waals surface area contributed by atoms with Crippen molar-refractivity contribution in [2.45, 2.75) is 6.54 Å². The molecule has 117 valence electrons. The predicted molar refractivity (Wildman–Crippen MR) is 91.6 cm³/mol. The molecule has 2 aromatic heterocycles. The van der Waals surface area contributed by atoms with Crippen molar-refractivity contribution in [3.05, 3.63) is 78.4 Å². The van der Waals surface area contributed by atoms with Crippen molar-refractivity contribution in [3.63, 3.8) is 0 Å². The molecular formula is C20H14FN2O. The minimum atomic E-state index is -0.270. The molecule has 0 aliphatic heterocycles. The lowest BCUT2D eigenvalue weighted by Crippen LogP contribution is -1.92. The first-order valence-corrected chi connectivity index (χ1v) is 7.59. The van der Waals surface area contributed by atoms with Gasteiger partial charge in [0.1, 0.15) is 17.2 Å². The average molecular weight is 317 g/mol. The van der Waals surface area contributed by atoms with E-state index in [-0.39, 0.29) is 5.82 Å². The van der Waals surface area contributed by atoms with Crippen LogP contribution in [0, 0.1) is 11.9 Å². The summed E-state index contributed by atoms with van der Waals surface area (Å²) in [6, 6.07) is 19.0. The quantitative estimate of drug-likeness (QED) is 0.602. The van der Waals surface area contributed by atoms with Crippen molar-refractivity contribution in [2.75, 3.05) is 0 Å². The van der Waals surface area contributed by atoms with E-state index in [9.17, 15) is 4.39 Å². The predicted octanol–water partition coefficient (Wildman–Crippen LogP) is 4.56. The van der Waals surface area contributed by atoms with Crippen LogP contribution in [0.4, 0.5) is 4.39 Å². The summed E-state index contributed by atoms with van der Waals surface area (Å²) < 4.78 is 19.1. The molecule has 0 unspecified atom stereocenters. The van der Waals surface area contributed by atoms with E-state index in [4.69, 9.17) is 10.2 Å². The third-order valence-corrected chi connectivity index (χ3v) is 3.94. The number of hydrogen-bond acceptors (Lipinski definition) is 3. The first kappa shape index (κ1) is 14.6. The van der Waals surface area contributed by atoms with Crippen LogP contribution in [0.1, 0.15) is 5.76 Å². The average Bonchev–Trinajstić information content (AvgIpc) is 3.05. The highest BCUT2D eigenvalue weighted by Gasteiger charge is 2.13. The zero-order valence-corrected chi connectivity index (χ0v) is 12.8. The SMILES string of the molecule is NCc1cc2cc(-c3cc[c]cn3)cc(-c3ccc(F)cc3)c2o1. The van der Waals surface area contributed by atoms with Crippen molar-refractivity contribution < 1.29 is 8.81 Å². The highest BCUT2D eigenvalue weighted by atomic mass is 19.1. The number of benzene rings is 2. The van der Waals surface area contributed by atoms with E-state index in [1.807, 2.05) is 30.3 Å². The van der Waals surface area contributed by atoms with Gasteiger partial charge in [-0.15, -0.1) is 0 Å². The van der Waals surface area contributed by atoms with Gasteiger partial charge in [-0.05, 0) is 42.0 Å². The molecule has 4 rings (SSSR count). The summed E-state index contributed by atoms with van der Waals surface area (Å²) in [6.45, 7) is 0.325. The van der Waals surface area contributed by atoms with Crippen molar-refractivity contribution in [3.8, 4) is 22.4 Å². The molecule has 0 fully saturated rings. The molecule has 2 N–H and O–H groups in total. The maximum Gasteiger partial charge on any atom is 0.142 e. The molecular weight excluding hydrogens is 303 g/mol. The van der Waals surface area contributed by atoms with Crippen LogP contribution in [0.5, 0.6) is 0 Å². The normalized spacial score (nSPS) is 11.1. The fourth-order valence-corrected chi connectivity index (χ4v) is 2.79. The van der Waals surface area contributed by atoms with Gasteiger partial charge < -0.3 is 10.2 Å². The molecule has 3 nitrogen and oxygen atoms in total. The van der Waals surface area contributed by atoms with Gasteiger partial charge in [-0.3, -0.25) is 4.98 Å². The molecule has 4 heteroatoms. The number of halogens is 1. The molecule has 0 spiro atoms. The lowest BCUT2D eigenvalue weighted by molar-refractivity contribution is 0.553. The van der Waals surface area contributed by atoms with Gasteiger partial charge in [0.25, 0.3) is 0 Å². The number of furan rings is 1. The smallest absolute Gasteiger partial charge is 0.142 e. The fourth-order valence-electron chi connectivity index (χ4n) is 2.79. The van der Waals surface area contributed by atoms with Crippen LogP contribution in [-0.4, -0.2) is 4.98 Å². The maximum atomic E-state index is 13.3. The molecule has 0 saturated heterocycles. The summed E-state index contributed by atoms with van der Waals surface area (Å²) in [5.41, 5.74) is 10.0. The topological polar surface area (TPSA) is 52.0 Å². The standard InChI is InChI=1S/C20H14FN2O/c21-16-6-4-13(5-7-16)18-11-14(19-3-1-2-8-23-19)9-15-10-17(12-22)24-20(15)18/h1,3-11H,12,22H2. The second-order valence-electron chi connectivity index (χ2n) is 5.51. The molecule has 1 radical (unpaired) electrons. The number of rotatable bonds is 3. The second-order valence-corrected chi connectivity index (χ2v) is 5.51. The van der Waals surface area contributed by atoms with Gasteiger partial charge in [0, 0.05) is 28.8 Å². The summed E-state index contributed by atoms with van der Waals surface area (Å²) in [7, 11) is 0. The monoisotopic (exact) mass is 317 g/mol. The van der Waals surface area contributed by atoms with Crippen molar-refractivity contribution in [1.29, 1.82) is 0 Å². The Morgan fingerprint density at radius 1 is 1.04 bits per heavy atom. The molecule has 4 aromatic rings. The van der Waals surface area contributed by atoms with E-state index < -0.39 is 0 Å². The van der Waals surface area contributed by atoms with E-state index in [0.717, 1.165) is 33.4 Å². The minimum Gasteiger partial charge on any atom is -0.459 e. The van der Waals surface area contributed by atoms with Gasteiger partial charge in [0.2, 0.25) is 0 Å². The van der Waals surface area contributed by atoms with E-state index >= 15 is 0 Å². The lowest BCUT2D eigenvalue weighted by Gasteiger charge is -2.07. The summed E-state index contributed by atoms with van der Waals surface area (Å²) in [6.07, 6.45) is 1.64. The largest absolute Gasteiger partial charge is 0.459 e. The van der Waals surface area contributed by atoms with E-state index in [1.165, 1.54) is 12.1 Å². The molecule has 0 bridgehead atoms. The first-order chi connectivity index (χ1) is 11.7. The summed E-state index contributed by atoms with van der Waals surface area (Å²) in [5, 5.41) is 0.946. The molecule has 0 saturated carbocycles. The van der Waals surface area contributed by atoms with Crippen LogP contribution in [0.2, 0.25) is 0 Å². The van der Waals surface area contributed by atoms with Crippen LogP contribution in [0.25, 0.3) is 33.4 Å². The number of hydrogen-bond donors (Lipinski definition) is 1. The Bertz CT molecular complexity index is 992. The molecule has 2 heterocycles. The van der Waals surface area contributed by atoms with Crippen LogP contribution in [-0.2, 0) is 6.54 Å². The van der Waals surface area contributed by atoms with E-state index in [1.54, 1.807) is 18.3 Å². The Hall–Kier alpha value is -2.98. The van der Waals surface area contributed by atoms with Crippen LogP contribution in [0.3, 0.4) is 0 Å². The number of fused-ring (bicyclic) bond motifs is 1. The second kappa shape index (κ2) is 5.91. The zero-order valence-electron chi connectivity index (χ0n) is 12.8. The summed E-state index contributed by atoms with van der Waals surface area (Å²) in [4.78, 5) is 4.36. The van der Waals surface area contributed by atoms with E-state index in [2.05, 4.69) is 11.1 Å². The lowest BCUT2D eigenvalue weighted by atomic mass is 9.99. The van der Waals surface area contributed by atoms with Crippen molar-refractivity contribution in [1.82, 2.24) is 4.98 Å². The number of nitrogens with zero attached hydrogens (tertiary/aromatic N) is 1. The van der Waals surface area contributed by atoms with Crippen molar-refractivity contribution >= 4 is 11.0 Å². The Kier molecular flexibility index (Phi) is 3.59.